The van der Waals surface area contributed by atoms with Gasteiger partial charge in [0.15, 0.2) is 0 Å². The number of aromatic nitrogens is 2. The van der Waals surface area contributed by atoms with Crippen molar-refractivity contribution in [3.63, 3.8) is 0 Å². The Labute approximate surface area is 108 Å². The van der Waals surface area contributed by atoms with E-state index in [-0.39, 0.29) is 0 Å². The van der Waals surface area contributed by atoms with E-state index in [9.17, 15) is 0 Å². The molecule has 2 atom stereocenters. The van der Waals surface area contributed by atoms with Gasteiger partial charge >= 0.3 is 0 Å². The van der Waals surface area contributed by atoms with Crippen molar-refractivity contribution in [1.82, 2.24) is 20.0 Å². The molecular formula is C13H22N4O. The highest BCUT2D eigenvalue weighted by atomic mass is 16.5. The maximum absolute atomic E-state index is 5.81. The second-order valence-electron chi connectivity index (χ2n) is 5.38. The van der Waals surface area contributed by atoms with Gasteiger partial charge in [-0.05, 0) is 13.8 Å². The summed E-state index contributed by atoms with van der Waals surface area (Å²) < 4.78 is 7.79. The fraction of sp³-hybridized carbons (Fsp3) is 0.769. The molecular weight excluding hydrogens is 228 g/mol. The minimum Gasteiger partial charge on any atom is -0.374 e. The van der Waals surface area contributed by atoms with Crippen LogP contribution in [0.4, 0.5) is 0 Å². The zero-order valence-electron chi connectivity index (χ0n) is 11.4. The first-order valence-corrected chi connectivity index (χ1v) is 6.72. The molecule has 5 nitrogen and oxygen atoms in total. The predicted molar refractivity (Wildman–Crippen MR) is 69.5 cm³/mol. The summed E-state index contributed by atoms with van der Waals surface area (Å²) in [7, 11) is 2.02. The standard InChI is InChI=1S/C13H22N4O/c1-9-11(10(2)16(3)15-9)8-17-4-5-18-13-7-14-6-12(13)17/h12-14H,4-8H2,1-3H3/t12-,13+/m1/s1. The van der Waals surface area contributed by atoms with Crippen LogP contribution in [0, 0.1) is 13.8 Å². The Kier molecular flexibility index (Phi) is 3.13. The molecule has 0 aromatic carbocycles. The Bertz CT molecular complexity index is 442. The Hall–Kier alpha value is -0.910. The number of nitrogens with one attached hydrogen (secondary N) is 1. The zero-order valence-corrected chi connectivity index (χ0v) is 11.4. The summed E-state index contributed by atoms with van der Waals surface area (Å²) in [4.78, 5) is 2.55. The first-order valence-electron chi connectivity index (χ1n) is 6.72. The Morgan fingerprint density at radius 1 is 1.39 bits per heavy atom. The molecule has 100 valence electrons. The summed E-state index contributed by atoms with van der Waals surface area (Å²) in [5.41, 5.74) is 3.82. The lowest BCUT2D eigenvalue weighted by Crippen LogP contribution is -2.50. The van der Waals surface area contributed by atoms with Gasteiger partial charge in [0.25, 0.3) is 0 Å². The third-order valence-corrected chi connectivity index (χ3v) is 4.33. The molecule has 0 bridgehead atoms. The number of nitrogens with zero attached hydrogens (tertiary/aromatic N) is 3. The van der Waals surface area contributed by atoms with E-state index >= 15 is 0 Å². The van der Waals surface area contributed by atoms with Crippen LogP contribution in [0.2, 0.25) is 0 Å². The molecule has 5 heteroatoms. The number of aryl methyl sites for hydroxylation is 2. The fourth-order valence-corrected chi connectivity index (χ4v) is 3.11. The van der Waals surface area contributed by atoms with Crippen LogP contribution in [-0.4, -0.2) is 53.1 Å². The first kappa shape index (κ1) is 12.1. The van der Waals surface area contributed by atoms with Gasteiger partial charge in [-0.15, -0.1) is 0 Å². The summed E-state index contributed by atoms with van der Waals surface area (Å²) in [6.45, 7) is 9.16. The number of ether oxygens (including phenoxy) is 1. The van der Waals surface area contributed by atoms with E-state index in [4.69, 9.17) is 4.74 Å². The highest BCUT2D eigenvalue weighted by molar-refractivity contribution is 5.24. The minimum absolute atomic E-state index is 0.371. The predicted octanol–water partition coefficient (Wildman–Crippen LogP) is 0.210. The molecule has 18 heavy (non-hydrogen) atoms. The van der Waals surface area contributed by atoms with Gasteiger partial charge in [0, 0.05) is 50.5 Å². The molecule has 0 radical (unpaired) electrons. The summed E-state index contributed by atoms with van der Waals surface area (Å²) >= 11 is 0. The molecule has 2 aliphatic heterocycles. The second-order valence-corrected chi connectivity index (χ2v) is 5.38. The van der Waals surface area contributed by atoms with Crippen molar-refractivity contribution in [1.29, 1.82) is 0 Å². The van der Waals surface area contributed by atoms with Gasteiger partial charge < -0.3 is 10.1 Å². The van der Waals surface area contributed by atoms with E-state index in [0.717, 1.165) is 38.5 Å². The largest absolute Gasteiger partial charge is 0.374 e. The van der Waals surface area contributed by atoms with E-state index < -0.39 is 0 Å². The van der Waals surface area contributed by atoms with E-state index in [1.165, 1.54) is 11.3 Å². The smallest absolute Gasteiger partial charge is 0.0867 e. The summed E-state index contributed by atoms with van der Waals surface area (Å²) in [5.74, 6) is 0. The monoisotopic (exact) mass is 250 g/mol. The van der Waals surface area contributed by atoms with Crippen molar-refractivity contribution in [3.8, 4) is 0 Å². The van der Waals surface area contributed by atoms with Crippen molar-refractivity contribution in [2.24, 2.45) is 7.05 Å². The van der Waals surface area contributed by atoms with E-state index in [1.54, 1.807) is 0 Å². The molecule has 0 spiro atoms. The Morgan fingerprint density at radius 3 is 2.94 bits per heavy atom. The Morgan fingerprint density at radius 2 is 2.22 bits per heavy atom. The third kappa shape index (κ3) is 1.96. The molecule has 2 fully saturated rings. The van der Waals surface area contributed by atoms with Gasteiger partial charge in [0.2, 0.25) is 0 Å². The zero-order chi connectivity index (χ0) is 12.7. The van der Waals surface area contributed by atoms with Gasteiger partial charge in [0.1, 0.15) is 0 Å². The molecule has 2 saturated heterocycles. The van der Waals surface area contributed by atoms with E-state index in [0.29, 0.717) is 12.1 Å². The third-order valence-electron chi connectivity index (χ3n) is 4.33. The fourth-order valence-electron chi connectivity index (χ4n) is 3.11. The van der Waals surface area contributed by atoms with Crippen molar-refractivity contribution in [3.05, 3.63) is 17.0 Å². The molecule has 1 aromatic heterocycles. The first-order chi connectivity index (χ1) is 8.66. The van der Waals surface area contributed by atoms with Crippen LogP contribution in [0.3, 0.4) is 0 Å². The molecule has 2 aliphatic rings. The molecule has 1 aromatic rings. The summed E-state index contributed by atoms with van der Waals surface area (Å²) in [5, 5.41) is 7.93. The maximum atomic E-state index is 5.81. The van der Waals surface area contributed by atoms with Crippen LogP contribution in [0.1, 0.15) is 17.0 Å². The van der Waals surface area contributed by atoms with Crippen molar-refractivity contribution in [2.45, 2.75) is 32.5 Å². The lowest BCUT2D eigenvalue weighted by atomic mass is 10.1. The molecule has 0 saturated carbocycles. The van der Waals surface area contributed by atoms with Gasteiger partial charge in [0.05, 0.1) is 18.4 Å². The lowest BCUT2D eigenvalue weighted by molar-refractivity contribution is -0.0501. The summed E-state index contributed by atoms with van der Waals surface area (Å²) in [6.07, 6.45) is 0.371. The van der Waals surface area contributed by atoms with Crippen molar-refractivity contribution >= 4 is 0 Å². The van der Waals surface area contributed by atoms with Crippen LogP contribution in [0.5, 0.6) is 0 Å². The minimum atomic E-state index is 0.371. The average Bonchev–Trinajstić information content (AvgIpc) is 2.91. The van der Waals surface area contributed by atoms with E-state index in [1.807, 2.05) is 11.7 Å². The normalized spacial score (nSPS) is 28.6. The van der Waals surface area contributed by atoms with Gasteiger partial charge in [-0.1, -0.05) is 0 Å². The highest BCUT2D eigenvalue weighted by Gasteiger charge is 2.36. The number of fused-ring (bicyclic) bond motifs is 1. The maximum Gasteiger partial charge on any atom is 0.0867 e. The van der Waals surface area contributed by atoms with Gasteiger partial charge in [-0.2, -0.15) is 5.10 Å². The van der Waals surface area contributed by atoms with Gasteiger partial charge in [-0.25, -0.2) is 0 Å². The SMILES string of the molecule is Cc1nn(C)c(C)c1CN1CCO[C@H]2CNC[C@H]21. The number of hydrogen-bond donors (Lipinski definition) is 1. The molecule has 3 heterocycles. The second kappa shape index (κ2) is 4.64. The number of rotatable bonds is 2. The van der Waals surface area contributed by atoms with Crippen LogP contribution in [0.25, 0.3) is 0 Å². The molecule has 3 rings (SSSR count). The van der Waals surface area contributed by atoms with Crippen molar-refractivity contribution < 1.29 is 4.74 Å². The lowest BCUT2D eigenvalue weighted by Gasteiger charge is -2.37. The summed E-state index contributed by atoms with van der Waals surface area (Å²) in [6, 6.07) is 0.526. The van der Waals surface area contributed by atoms with Gasteiger partial charge in [-0.3, -0.25) is 9.58 Å². The quantitative estimate of drug-likeness (QED) is 0.815. The molecule has 0 unspecified atom stereocenters. The topological polar surface area (TPSA) is 42.3 Å². The van der Waals surface area contributed by atoms with Crippen LogP contribution < -0.4 is 5.32 Å². The number of morpholine rings is 1. The molecule has 0 aliphatic carbocycles. The van der Waals surface area contributed by atoms with Crippen molar-refractivity contribution in [2.75, 3.05) is 26.2 Å². The molecule has 1 N–H and O–H groups in total. The Balaban J connectivity index is 1.79. The van der Waals surface area contributed by atoms with Crippen LogP contribution >= 0.6 is 0 Å². The molecule has 0 amide bonds. The number of hydrogen-bond acceptors (Lipinski definition) is 4. The highest BCUT2D eigenvalue weighted by Crippen LogP contribution is 2.22. The van der Waals surface area contributed by atoms with Crippen LogP contribution in [-0.2, 0) is 18.3 Å². The average molecular weight is 250 g/mol. The van der Waals surface area contributed by atoms with E-state index in [2.05, 4.69) is 29.2 Å². The van der Waals surface area contributed by atoms with Crippen LogP contribution in [0.15, 0.2) is 0 Å².